The van der Waals surface area contributed by atoms with Crippen LogP contribution in [0.25, 0.3) is 0 Å². The van der Waals surface area contributed by atoms with Crippen molar-refractivity contribution < 1.29 is 0 Å². The molecule has 2 N–H and O–H groups in total. The van der Waals surface area contributed by atoms with Crippen molar-refractivity contribution in [2.75, 3.05) is 0 Å². The summed E-state index contributed by atoms with van der Waals surface area (Å²) < 4.78 is 0. The molecule has 1 fully saturated rings. The zero-order chi connectivity index (χ0) is 15.1. The van der Waals surface area contributed by atoms with Crippen molar-refractivity contribution in [3.05, 3.63) is 34.4 Å². The highest BCUT2D eigenvalue weighted by atomic mass is 14.8. The van der Waals surface area contributed by atoms with Gasteiger partial charge in [-0.1, -0.05) is 45.7 Å². The summed E-state index contributed by atoms with van der Waals surface area (Å²) in [7, 11) is 0. The van der Waals surface area contributed by atoms with E-state index < -0.39 is 0 Å². The first-order valence-corrected chi connectivity index (χ1v) is 8.03. The molecule has 2 atom stereocenters. The van der Waals surface area contributed by atoms with Crippen LogP contribution in [0.4, 0.5) is 0 Å². The van der Waals surface area contributed by atoms with Gasteiger partial charge in [0.25, 0.3) is 0 Å². The van der Waals surface area contributed by atoms with Crippen molar-refractivity contribution >= 4 is 0 Å². The molecule has 1 heteroatoms. The van der Waals surface area contributed by atoms with E-state index in [4.69, 9.17) is 5.73 Å². The molecule has 1 aromatic carbocycles. The van der Waals surface area contributed by atoms with E-state index in [0.29, 0.717) is 5.92 Å². The lowest BCUT2D eigenvalue weighted by atomic mass is 9.59. The van der Waals surface area contributed by atoms with Crippen LogP contribution >= 0.6 is 0 Å². The molecule has 1 saturated carbocycles. The van der Waals surface area contributed by atoms with Crippen LogP contribution in [0.15, 0.2) is 12.1 Å². The Morgan fingerprint density at radius 1 is 1.00 bits per heavy atom. The number of hydrogen-bond acceptors (Lipinski definition) is 1. The standard InChI is InChI=1S/C19H31N/c1-13-11-15(3)16(12-14(13)2)19(20)10-8-7-9-17(19)18(4,5)6/h11-12,17H,7-10,20H2,1-6H3. The van der Waals surface area contributed by atoms with Gasteiger partial charge in [0.1, 0.15) is 0 Å². The van der Waals surface area contributed by atoms with Crippen LogP contribution < -0.4 is 5.73 Å². The summed E-state index contributed by atoms with van der Waals surface area (Å²) in [5, 5.41) is 0. The van der Waals surface area contributed by atoms with Crippen LogP contribution in [0, 0.1) is 32.1 Å². The minimum absolute atomic E-state index is 0.154. The molecule has 2 rings (SSSR count). The van der Waals surface area contributed by atoms with Gasteiger partial charge in [0, 0.05) is 5.54 Å². The third-order valence-electron chi connectivity index (χ3n) is 5.34. The molecule has 0 bridgehead atoms. The smallest absolute Gasteiger partial charge is 0.0445 e. The van der Waals surface area contributed by atoms with Crippen molar-refractivity contribution in [3.63, 3.8) is 0 Å². The van der Waals surface area contributed by atoms with Gasteiger partial charge >= 0.3 is 0 Å². The van der Waals surface area contributed by atoms with Crippen molar-refractivity contribution in [2.24, 2.45) is 17.1 Å². The van der Waals surface area contributed by atoms with E-state index in [1.807, 2.05) is 0 Å². The molecule has 0 amide bonds. The summed E-state index contributed by atoms with van der Waals surface area (Å²) in [5.41, 5.74) is 12.6. The predicted molar refractivity (Wildman–Crippen MR) is 87.9 cm³/mol. The van der Waals surface area contributed by atoms with Gasteiger partial charge in [0.05, 0.1) is 0 Å². The Hall–Kier alpha value is -0.820. The molecule has 1 aromatic rings. The quantitative estimate of drug-likeness (QED) is 0.765. The van der Waals surface area contributed by atoms with Crippen LogP contribution in [0.2, 0.25) is 0 Å². The number of aryl methyl sites for hydroxylation is 3. The summed E-state index contributed by atoms with van der Waals surface area (Å²) in [4.78, 5) is 0. The molecule has 20 heavy (non-hydrogen) atoms. The Balaban J connectivity index is 2.54. The number of nitrogens with two attached hydrogens (primary N) is 1. The number of hydrogen-bond donors (Lipinski definition) is 1. The molecule has 0 aliphatic heterocycles. The van der Waals surface area contributed by atoms with Gasteiger partial charge in [0.2, 0.25) is 0 Å². The fourth-order valence-corrected chi connectivity index (χ4v) is 4.19. The summed E-state index contributed by atoms with van der Waals surface area (Å²) in [6.07, 6.45) is 4.96. The van der Waals surface area contributed by atoms with Crippen LogP contribution in [-0.4, -0.2) is 0 Å². The Kier molecular flexibility index (Phi) is 4.03. The number of benzene rings is 1. The second-order valence-corrected chi connectivity index (χ2v) is 7.96. The van der Waals surface area contributed by atoms with Gasteiger partial charge in [-0.2, -0.15) is 0 Å². The average Bonchev–Trinajstić information content (AvgIpc) is 2.32. The highest BCUT2D eigenvalue weighted by molar-refractivity contribution is 5.41. The van der Waals surface area contributed by atoms with Crippen molar-refractivity contribution in [2.45, 2.75) is 72.8 Å². The Bertz CT molecular complexity index is 495. The monoisotopic (exact) mass is 273 g/mol. The molecule has 112 valence electrons. The molecule has 1 aliphatic rings. The van der Waals surface area contributed by atoms with E-state index in [0.717, 1.165) is 6.42 Å². The van der Waals surface area contributed by atoms with E-state index in [2.05, 4.69) is 53.7 Å². The first kappa shape index (κ1) is 15.6. The molecule has 0 heterocycles. The molecule has 1 aliphatic carbocycles. The Labute approximate surface area is 125 Å². The maximum Gasteiger partial charge on any atom is 0.0445 e. The van der Waals surface area contributed by atoms with E-state index in [1.165, 1.54) is 41.5 Å². The fourth-order valence-electron chi connectivity index (χ4n) is 4.19. The largest absolute Gasteiger partial charge is 0.321 e. The fraction of sp³-hybridized carbons (Fsp3) is 0.684. The SMILES string of the molecule is Cc1cc(C)c(C2(N)CCCCC2C(C)(C)C)cc1C. The van der Waals surface area contributed by atoms with Crippen molar-refractivity contribution in [1.82, 2.24) is 0 Å². The van der Waals surface area contributed by atoms with E-state index in [1.54, 1.807) is 0 Å². The van der Waals surface area contributed by atoms with Crippen LogP contribution in [0.1, 0.15) is 68.7 Å². The summed E-state index contributed by atoms with van der Waals surface area (Å²) >= 11 is 0. The molecule has 1 nitrogen and oxygen atoms in total. The maximum absolute atomic E-state index is 7.03. The second-order valence-electron chi connectivity index (χ2n) is 7.96. The molecule has 0 spiro atoms. The zero-order valence-electron chi connectivity index (χ0n) is 14.1. The third-order valence-corrected chi connectivity index (χ3v) is 5.34. The summed E-state index contributed by atoms with van der Waals surface area (Å²) in [6, 6.07) is 4.67. The van der Waals surface area contributed by atoms with Crippen LogP contribution in [-0.2, 0) is 5.54 Å². The minimum atomic E-state index is -0.154. The molecular weight excluding hydrogens is 242 g/mol. The minimum Gasteiger partial charge on any atom is -0.321 e. The van der Waals surface area contributed by atoms with Gasteiger partial charge < -0.3 is 5.73 Å². The lowest BCUT2D eigenvalue weighted by molar-refractivity contribution is 0.0773. The lowest BCUT2D eigenvalue weighted by Gasteiger charge is -2.49. The van der Waals surface area contributed by atoms with E-state index >= 15 is 0 Å². The summed E-state index contributed by atoms with van der Waals surface area (Å²) in [5.74, 6) is 0.560. The zero-order valence-corrected chi connectivity index (χ0v) is 14.1. The van der Waals surface area contributed by atoms with Crippen molar-refractivity contribution in [3.8, 4) is 0 Å². The van der Waals surface area contributed by atoms with E-state index in [-0.39, 0.29) is 11.0 Å². The molecule has 2 unspecified atom stereocenters. The predicted octanol–water partition coefficient (Wildman–Crippen LogP) is 5.00. The van der Waals surface area contributed by atoms with Gasteiger partial charge in [0.15, 0.2) is 0 Å². The van der Waals surface area contributed by atoms with Crippen LogP contribution in [0.5, 0.6) is 0 Å². The highest BCUT2D eigenvalue weighted by Crippen LogP contribution is 2.49. The van der Waals surface area contributed by atoms with Crippen LogP contribution in [0.3, 0.4) is 0 Å². The average molecular weight is 273 g/mol. The van der Waals surface area contributed by atoms with Crippen molar-refractivity contribution in [1.29, 1.82) is 0 Å². The van der Waals surface area contributed by atoms with Gasteiger partial charge in [-0.05, 0) is 67.2 Å². The lowest BCUT2D eigenvalue weighted by Crippen LogP contribution is -2.51. The Morgan fingerprint density at radius 3 is 2.20 bits per heavy atom. The molecule has 0 saturated heterocycles. The third kappa shape index (κ3) is 2.65. The molecule has 0 aromatic heterocycles. The second kappa shape index (κ2) is 5.18. The van der Waals surface area contributed by atoms with E-state index in [9.17, 15) is 0 Å². The van der Waals surface area contributed by atoms with Gasteiger partial charge in [-0.25, -0.2) is 0 Å². The van der Waals surface area contributed by atoms with Gasteiger partial charge in [-0.3, -0.25) is 0 Å². The van der Waals surface area contributed by atoms with Gasteiger partial charge in [-0.15, -0.1) is 0 Å². The molecular formula is C19H31N. The normalized spacial score (nSPS) is 27.6. The molecule has 0 radical (unpaired) electrons. The maximum atomic E-state index is 7.03. The topological polar surface area (TPSA) is 26.0 Å². The first-order chi connectivity index (χ1) is 9.16. The summed E-state index contributed by atoms with van der Waals surface area (Å²) in [6.45, 7) is 13.7. The number of rotatable bonds is 1. The Morgan fingerprint density at radius 2 is 1.60 bits per heavy atom. The first-order valence-electron chi connectivity index (χ1n) is 8.03. The highest BCUT2D eigenvalue weighted by Gasteiger charge is 2.45.